The highest BCUT2D eigenvalue weighted by Gasteiger charge is 2.43. The molecular weight excluding hydrogens is 392 g/mol. The summed E-state index contributed by atoms with van der Waals surface area (Å²) in [6, 6.07) is 11.8. The summed E-state index contributed by atoms with van der Waals surface area (Å²) in [5, 5.41) is 9.01. The van der Waals surface area contributed by atoms with Crippen LogP contribution in [0.25, 0.3) is 0 Å². The number of ether oxygens (including phenoxy) is 2. The summed E-state index contributed by atoms with van der Waals surface area (Å²) in [7, 11) is 1.39. The van der Waals surface area contributed by atoms with Crippen molar-refractivity contribution in [2.75, 3.05) is 19.1 Å². The van der Waals surface area contributed by atoms with Gasteiger partial charge in [0.25, 0.3) is 11.8 Å². The van der Waals surface area contributed by atoms with Crippen LogP contribution >= 0.6 is 11.8 Å². The van der Waals surface area contributed by atoms with Gasteiger partial charge in [-0.05, 0) is 42.7 Å². The Balaban J connectivity index is 1.90. The van der Waals surface area contributed by atoms with Gasteiger partial charge in [0.05, 0.1) is 29.9 Å². The molecule has 1 aliphatic rings. The van der Waals surface area contributed by atoms with Crippen LogP contribution in [0.5, 0.6) is 11.5 Å². The van der Waals surface area contributed by atoms with Crippen molar-refractivity contribution in [3.8, 4) is 17.6 Å². The van der Waals surface area contributed by atoms with Crippen LogP contribution in [-0.4, -0.2) is 47.8 Å². The zero-order chi connectivity index (χ0) is 21.0. The molecule has 1 aliphatic heterocycles. The quantitative estimate of drug-likeness (QED) is 0.393. The van der Waals surface area contributed by atoms with Gasteiger partial charge in [0, 0.05) is 6.07 Å². The molecule has 0 spiro atoms. The van der Waals surface area contributed by atoms with Crippen LogP contribution in [0.15, 0.2) is 42.5 Å². The van der Waals surface area contributed by atoms with Gasteiger partial charge in [0.1, 0.15) is 6.04 Å². The molecule has 0 radical (unpaired) electrons. The van der Waals surface area contributed by atoms with E-state index in [0.29, 0.717) is 11.3 Å². The molecule has 0 bridgehead atoms. The molecule has 29 heavy (non-hydrogen) atoms. The number of thioether (sulfide) groups is 1. The van der Waals surface area contributed by atoms with Crippen molar-refractivity contribution in [1.82, 2.24) is 4.90 Å². The van der Waals surface area contributed by atoms with E-state index < -0.39 is 23.8 Å². The molecule has 0 aliphatic carbocycles. The second-order valence-corrected chi connectivity index (χ2v) is 7.21. The molecule has 0 saturated carbocycles. The maximum atomic E-state index is 13.0. The third kappa shape index (κ3) is 3.96. The average molecular weight is 410 g/mol. The number of fused-ring (bicyclic) bond motifs is 1. The maximum Gasteiger partial charge on any atom is 0.334 e. The van der Waals surface area contributed by atoms with E-state index in [1.165, 1.54) is 37.1 Å². The Hall–Kier alpha value is -3.31. The summed E-state index contributed by atoms with van der Waals surface area (Å²) in [4.78, 5) is 39.6. The lowest BCUT2D eigenvalue weighted by Crippen LogP contribution is -2.47. The number of methoxy groups -OCH3 is 1. The summed E-state index contributed by atoms with van der Waals surface area (Å²) in [6.07, 6.45) is 2.12. The van der Waals surface area contributed by atoms with Gasteiger partial charge in [0.2, 0.25) is 0 Å². The van der Waals surface area contributed by atoms with Crippen LogP contribution in [0, 0.1) is 11.3 Å². The lowest BCUT2D eigenvalue weighted by atomic mass is 10.1. The fourth-order valence-electron chi connectivity index (χ4n) is 3.07. The van der Waals surface area contributed by atoms with Crippen molar-refractivity contribution >= 4 is 29.5 Å². The highest BCUT2D eigenvalue weighted by molar-refractivity contribution is 7.98. The SMILES string of the molecule is COc1cc(C#N)ccc1OC(=O)C(CCSC)N1C(=O)c2ccccc2C1=O. The third-order valence-electron chi connectivity index (χ3n) is 4.51. The van der Waals surface area contributed by atoms with Crippen LogP contribution in [-0.2, 0) is 4.79 Å². The zero-order valence-electron chi connectivity index (χ0n) is 15.9. The summed E-state index contributed by atoms with van der Waals surface area (Å²) in [6.45, 7) is 0. The number of benzene rings is 2. The smallest absolute Gasteiger partial charge is 0.334 e. The zero-order valence-corrected chi connectivity index (χ0v) is 16.7. The summed E-state index contributed by atoms with van der Waals surface area (Å²) < 4.78 is 10.7. The minimum absolute atomic E-state index is 0.113. The number of hydrogen-bond acceptors (Lipinski definition) is 7. The molecule has 7 nitrogen and oxygen atoms in total. The Bertz CT molecular complexity index is 979. The van der Waals surface area contributed by atoms with E-state index in [0.717, 1.165) is 4.90 Å². The van der Waals surface area contributed by atoms with Gasteiger partial charge in [-0.2, -0.15) is 17.0 Å². The molecule has 1 heterocycles. The van der Waals surface area contributed by atoms with Gasteiger partial charge in [0.15, 0.2) is 11.5 Å². The summed E-state index contributed by atoms with van der Waals surface area (Å²) >= 11 is 1.49. The molecule has 2 amide bonds. The first-order chi connectivity index (χ1) is 14.0. The fraction of sp³-hybridized carbons (Fsp3) is 0.238. The van der Waals surface area contributed by atoms with Crippen LogP contribution in [0.2, 0.25) is 0 Å². The molecule has 148 valence electrons. The fourth-order valence-corrected chi connectivity index (χ4v) is 3.53. The summed E-state index contributed by atoms with van der Waals surface area (Å²) in [5.74, 6) is -0.888. The van der Waals surface area contributed by atoms with Crippen LogP contribution in [0.1, 0.15) is 32.7 Å². The predicted octanol–water partition coefficient (Wildman–Crippen LogP) is 2.89. The van der Waals surface area contributed by atoms with Gasteiger partial charge < -0.3 is 9.47 Å². The summed E-state index contributed by atoms with van der Waals surface area (Å²) in [5.41, 5.74) is 0.895. The van der Waals surface area contributed by atoms with Crippen LogP contribution in [0.3, 0.4) is 0 Å². The predicted molar refractivity (Wildman–Crippen MR) is 107 cm³/mol. The van der Waals surface area contributed by atoms with Crippen molar-refractivity contribution < 1.29 is 23.9 Å². The van der Waals surface area contributed by atoms with E-state index in [2.05, 4.69) is 0 Å². The Morgan fingerprint density at radius 1 is 1.14 bits per heavy atom. The molecule has 1 atom stereocenters. The minimum atomic E-state index is -1.07. The number of nitrogens with zero attached hydrogens (tertiary/aromatic N) is 2. The molecule has 0 fully saturated rings. The normalized spacial score (nSPS) is 13.6. The van der Waals surface area contributed by atoms with Crippen LogP contribution < -0.4 is 9.47 Å². The van der Waals surface area contributed by atoms with Gasteiger partial charge in [-0.15, -0.1) is 0 Å². The third-order valence-corrected chi connectivity index (χ3v) is 5.15. The van der Waals surface area contributed by atoms with Crippen molar-refractivity contribution in [2.24, 2.45) is 0 Å². The number of hydrogen-bond donors (Lipinski definition) is 0. The number of imide groups is 1. The van der Waals surface area contributed by atoms with E-state index >= 15 is 0 Å². The number of esters is 1. The van der Waals surface area contributed by atoms with Crippen molar-refractivity contribution in [2.45, 2.75) is 12.5 Å². The molecule has 1 unspecified atom stereocenters. The Labute approximate surface area is 172 Å². The second-order valence-electron chi connectivity index (χ2n) is 6.22. The number of amides is 2. The first-order valence-corrected chi connectivity index (χ1v) is 10.2. The lowest BCUT2D eigenvalue weighted by molar-refractivity contribution is -0.139. The molecule has 3 rings (SSSR count). The first-order valence-electron chi connectivity index (χ1n) is 8.77. The number of carbonyl (C=O) groups excluding carboxylic acids is 3. The van der Waals surface area contributed by atoms with Crippen molar-refractivity contribution in [3.05, 3.63) is 59.2 Å². The second kappa shape index (κ2) is 8.80. The minimum Gasteiger partial charge on any atom is -0.493 e. The van der Waals surface area contributed by atoms with E-state index in [1.807, 2.05) is 12.3 Å². The molecule has 8 heteroatoms. The van der Waals surface area contributed by atoms with Crippen molar-refractivity contribution in [3.63, 3.8) is 0 Å². The Kier molecular flexibility index (Phi) is 6.20. The van der Waals surface area contributed by atoms with Crippen LogP contribution in [0.4, 0.5) is 0 Å². The molecule has 0 aromatic heterocycles. The van der Waals surface area contributed by atoms with E-state index in [9.17, 15) is 14.4 Å². The largest absolute Gasteiger partial charge is 0.493 e. The Morgan fingerprint density at radius 3 is 2.34 bits per heavy atom. The van der Waals surface area contributed by atoms with E-state index in [1.54, 1.807) is 24.3 Å². The molecule has 0 saturated heterocycles. The van der Waals surface area contributed by atoms with Gasteiger partial charge >= 0.3 is 5.97 Å². The Morgan fingerprint density at radius 2 is 1.79 bits per heavy atom. The molecule has 2 aromatic carbocycles. The molecule has 2 aromatic rings. The highest BCUT2D eigenvalue weighted by Crippen LogP contribution is 2.31. The maximum absolute atomic E-state index is 13.0. The van der Waals surface area contributed by atoms with E-state index in [4.69, 9.17) is 14.7 Å². The molecular formula is C21H18N2O5S. The van der Waals surface area contributed by atoms with E-state index in [-0.39, 0.29) is 29.0 Å². The monoisotopic (exact) mass is 410 g/mol. The van der Waals surface area contributed by atoms with Crippen molar-refractivity contribution in [1.29, 1.82) is 5.26 Å². The topological polar surface area (TPSA) is 96.7 Å². The molecule has 0 N–H and O–H groups in total. The number of nitriles is 1. The number of rotatable bonds is 7. The van der Waals surface area contributed by atoms with Gasteiger partial charge in [-0.1, -0.05) is 12.1 Å². The number of carbonyl (C=O) groups is 3. The first kappa shape index (κ1) is 20.4. The highest BCUT2D eigenvalue weighted by atomic mass is 32.2. The van der Waals surface area contributed by atoms with Gasteiger partial charge in [-0.25, -0.2) is 4.79 Å². The van der Waals surface area contributed by atoms with Gasteiger partial charge in [-0.3, -0.25) is 14.5 Å². The average Bonchev–Trinajstić information content (AvgIpc) is 2.99. The lowest BCUT2D eigenvalue weighted by Gasteiger charge is -2.24. The standard InChI is InChI=1S/C21H18N2O5S/c1-27-18-11-13(12-22)7-8-17(18)28-21(26)16(9-10-29-2)23-19(24)14-5-3-4-6-15(14)20(23)25/h3-8,11,16H,9-10H2,1-2H3.